The van der Waals surface area contributed by atoms with Crippen molar-refractivity contribution in [2.24, 2.45) is 0 Å². The molecule has 5 heteroatoms. The van der Waals surface area contributed by atoms with Crippen LogP contribution in [0.1, 0.15) is 5.56 Å². The van der Waals surface area contributed by atoms with E-state index in [1.807, 2.05) is 18.2 Å². The van der Waals surface area contributed by atoms with Crippen molar-refractivity contribution < 1.29 is 4.74 Å². The van der Waals surface area contributed by atoms with Crippen LogP contribution in [0.3, 0.4) is 0 Å². The number of hydrogen-bond donors (Lipinski definition) is 2. The standard InChI is InChI=1S/C16H16N4O/c1-21-15-9-14(19-16(17)20-15)18-10-12-7-4-6-11-5-2-3-8-13(11)12/h2-9H,10H2,1H3,(H3,17,18,19,20). The summed E-state index contributed by atoms with van der Waals surface area (Å²) in [5.74, 6) is 1.28. The van der Waals surface area contributed by atoms with Crippen LogP contribution in [0.4, 0.5) is 11.8 Å². The average Bonchev–Trinajstić information content (AvgIpc) is 2.52. The summed E-state index contributed by atoms with van der Waals surface area (Å²) < 4.78 is 5.09. The van der Waals surface area contributed by atoms with E-state index in [-0.39, 0.29) is 5.95 Å². The van der Waals surface area contributed by atoms with Gasteiger partial charge in [-0.25, -0.2) is 0 Å². The van der Waals surface area contributed by atoms with E-state index in [0.717, 1.165) is 0 Å². The van der Waals surface area contributed by atoms with E-state index < -0.39 is 0 Å². The van der Waals surface area contributed by atoms with Gasteiger partial charge in [-0.05, 0) is 16.3 Å². The number of nitrogen functional groups attached to an aromatic ring is 1. The summed E-state index contributed by atoms with van der Waals surface area (Å²) in [6.07, 6.45) is 0. The van der Waals surface area contributed by atoms with Crippen LogP contribution in [0.25, 0.3) is 10.8 Å². The SMILES string of the molecule is COc1cc(NCc2cccc3ccccc23)nc(N)n1. The number of fused-ring (bicyclic) bond motifs is 1. The van der Waals surface area contributed by atoms with Crippen molar-refractivity contribution in [2.75, 3.05) is 18.2 Å². The van der Waals surface area contributed by atoms with E-state index in [2.05, 4.69) is 39.6 Å². The second-order valence-electron chi connectivity index (χ2n) is 4.65. The molecule has 3 N–H and O–H groups in total. The number of nitrogens with one attached hydrogen (secondary N) is 1. The van der Waals surface area contributed by atoms with E-state index in [9.17, 15) is 0 Å². The lowest BCUT2D eigenvalue weighted by molar-refractivity contribution is 0.398. The number of methoxy groups -OCH3 is 1. The van der Waals surface area contributed by atoms with Gasteiger partial charge in [-0.1, -0.05) is 42.5 Å². The highest BCUT2D eigenvalue weighted by atomic mass is 16.5. The summed E-state index contributed by atoms with van der Waals surface area (Å²) in [6, 6.07) is 16.3. The van der Waals surface area contributed by atoms with Gasteiger partial charge in [0.2, 0.25) is 11.8 Å². The second kappa shape index (κ2) is 5.66. The van der Waals surface area contributed by atoms with Gasteiger partial charge in [-0.3, -0.25) is 0 Å². The summed E-state index contributed by atoms with van der Waals surface area (Å²) in [7, 11) is 1.55. The topological polar surface area (TPSA) is 73.1 Å². The first-order valence-electron chi connectivity index (χ1n) is 6.65. The van der Waals surface area contributed by atoms with Gasteiger partial charge in [0.1, 0.15) is 5.82 Å². The van der Waals surface area contributed by atoms with Gasteiger partial charge < -0.3 is 15.8 Å². The van der Waals surface area contributed by atoms with Crippen LogP contribution in [0.5, 0.6) is 5.88 Å². The third-order valence-corrected chi connectivity index (χ3v) is 3.27. The molecule has 0 aliphatic carbocycles. The van der Waals surface area contributed by atoms with Crippen LogP contribution in [0, 0.1) is 0 Å². The van der Waals surface area contributed by atoms with Gasteiger partial charge in [-0.15, -0.1) is 0 Å². The number of anilines is 2. The first kappa shape index (κ1) is 13.2. The lowest BCUT2D eigenvalue weighted by Crippen LogP contribution is -2.05. The van der Waals surface area contributed by atoms with Crippen molar-refractivity contribution in [1.29, 1.82) is 0 Å². The highest BCUT2D eigenvalue weighted by Gasteiger charge is 2.04. The monoisotopic (exact) mass is 280 g/mol. The summed E-state index contributed by atoms with van der Waals surface area (Å²) in [4.78, 5) is 8.11. The molecule has 2 aromatic carbocycles. The molecule has 0 saturated heterocycles. The van der Waals surface area contributed by atoms with Gasteiger partial charge in [0.05, 0.1) is 7.11 Å². The molecule has 0 bridgehead atoms. The van der Waals surface area contributed by atoms with E-state index >= 15 is 0 Å². The molecule has 106 valence electrons. The number of rotatable bonds is 4. The van der Waals surface area contributed by atoms with Crippen molar-refractivity contribution in [2.45, 2.75) is 6.54 Å². The lowest BCUT2D eigenvalue weighted by Gasteiger charge is -2.10. The zero-order valence-electron chi connectivity index (χ0n) is 11.7. The molecular formula is C16H16N4O. The minimum atomic E-state index is 0.190. The van der Waals surface area contributed by atoms with Gasteiger partial charge >= 0.3 is 0 Å². The molecule has 0 aliphatic heterocycles. The molecule has 0 unspecified atom stereocenters. The zero-order chi connectivity index (χ0) is 14.7. The fraction of sp³-hybridized carbons (Fsp3) is 0.125. The van der Waals surface area contributed by atoms with Crippen LogP contribution in [0.15, 0.2) is 48.5 Å². The van der Waals surface area contributed by atoms with E-state index in [4.69, 9.17) is 10.5 Å². The van der Waals surface area contributed by atoms with E-state index in [1.165, 1.54) is 16.3 Å². The molecule has 0 fully saturated rings. The maximum atomic E-state index is 5.65. The summed E-state index contributed by atoms with van der Waals surface area (Å²) in [5, 5.41) is 5.70. The van der Waals surface area contributed by atoms with E-state index in [1.54, 1.807) is 13.2 Å². The Hall–Kier alpha value is -2.82. The van der Waals surface area contributed by atoms with Crippen LogP contribution < -0.4 is 15.8 Å². The Balaban J connectivity index is 1.85. The first-order chi connectivity index (χ1) is 10.3. The van der Waals surface area contributed by atoms with Crippen molar-refractivity contribution in [3.63, 3.8) is 0 Å². The fourth-order valence-corrected chi connectivity index (χ4v) is 2.27. The Morgan fingerprint density at radius 1 is 1.10 bits per heavy atom. The molecule has 0 aliphatic rings. The number of aromatic nitrogens is 2. The molecule has 3 rings (SSSR count). The summed E-state index contributed by atoms with van der Waals surface area (Å²) in [6.45, 7) is 0.654. The summed E-state index contributed by atoms with van der Waals surface area (Å²) in [5.41, 5.74) is 6.85. The van der Waals surface area contributed by atoms with Crippen LogP contribution in [-0.4, -0.2) is 17.1 Å². The Bertz CT molecular complexity index is 768. The Morgan fingerprint density at radius 3 is 2.76 bits per heavy atom. The molecule has 3 aromatic rings. The van der Waals surface area contributed by atoms with Gasteiger partial charge in [0, 0.05) is 12.6 Å². The minimum Gasteiger partial charge on any atom is -0.481 e. The smallest absolute Gasteiger partial charge is 0.225 e. The quantitative estimate of drug-likeness (QED) is 0.768. The molecule has 1 heterocycles. The molecule has 5 nitrogen and oxygen atoms in total. The molecule has 21 heavy (non-hydrogen) atoms. The first-order valence-corrected chi connectivity index (χ1v) is 6.65. The van der Waals surface area contributed by atoms with Crippen molar-refractivity contribution in [3.8, 4) is 5.88 Å². The molecule has 0 amide bonds. The molecule has 0 saturated carbocycles. The number of nitrogens with two attached hydrogens (primary N) is 1. The molecule has 0 atom stereocenters. The Kier molecular flexibility index (Phi) is 3.55. The molecular weight excluding hydrogens is 264 g/mol. The normalized spacial score (nSPS) is 10.5. The van der Waals surface area contributed by atoms with Gasteiger partial charge in [0.25, 0.3) is 0 Å². The number of hydrogen-bond acceptors (Lipinski definition) is 5. The maximum absolute atomic E-state index is 5.65. The van der Waals surface area contributed by atoms with Crippen LogP contribution >= 0.6 is 0 Å². The second-order valence-corrected chi connectivity index (χ2v) is 4.65. The van der Waals surface area contributed by atoms with Crippen molar-refractivity contribution in [3.05, 3.63) is 54.1 Å². The maximum Gasteiger partial charge on any atom is 0.225 e. The van der Waals surface area contributed by atoms with E-state index in [0.29, 0.717) is 18.2 Å². The fourth-order valence-electron chi connectivity index (χ4n) is 2.27. The van der Waals surface area contributed by atoms with Crippen LogP contribution in [-0.2, 0) is 6.54 Å². The Labute approximate surface area is 122 Å². The lowest BCUT2D eigenvalue weighted by atomic mass is 10.0. The third-order valence-electron chi connectivity index (χ3n) is 3.27. The summed E-state index contributed by atoms with van der Waals surface area (Å²) >= 11 is 0. The molecule has 1 aromatic heterocycles. The molecule has 0 spiro atoms. The third kappa shape index (κ3) is 2.86. The van der Waals surface area contributed by atoms with Crippen molar-refractivity contribution >= 4 is 22.5 Å². The Morgan fingerprint density at radius 2 is 1.90 bits per heavy atom. The zero-order valence-corrected chi connectivity index (χ0v) is 11.7. The van der Waals surface area contributed by atoms with Gasteiger partial charge in [-0.2, -0.15) is 9.97 Å². The number of nitrogens with zero attached hydrogens (tertiary/aromatic N) is 2. The molecule has 0 radical (unpaired) electrons. The average molecular weight is 280 g/mol. The predicted octanol–water partition coefficient (Wildman–Crippen LogP) is 2.83. The van der Waals surface area contributed by atoms with Gasteiger partial charge in [0.15, 0.2) is 0 Å². The largest absolute Gasteiger partial charge is 0.481 e. The van der Waals surface area contributed by atoms with Crippen molar-refractivity contribution in [1.82, 2.24) is 9.97 Å². The minimum absolute atomic E-state index is 0.190. The highest BCUT2D eigenvalue weighted by molar-refractivity contribution is 5.85. The highest BCUT2D eigenvalue weighted by Crippen LogP contribution is 2.20. The van der Waals surface area contributed by atoms with Crippen LogP contribution in [0.2, 0.25) is 0 Å². The number of ether oxygens (including phenoxy) is 1. The number of benzene rings is 2. The predicted molar refractivity (Wildman–Crippen MR) is 84.3 cm³/mol.